The second-order valence-electron chi connectivity index (χ2n) is 6.02. The molecule has 0 unspecified atom stereocenters. The first-order valence-electron chi connectivity index (χ1n) is 7.87. The van der Waals surface area contributed by atoms with Gasteiger partial charge in [-0.05, 0) is 30.5 Å². The van der Waals surface area contributed by atoms with Gasteiger partial charge in [0, 0.05) is 25.2 Å². The molecule has 0 saturated carbocycles. The van der Waals surface area contributed by atoms with Crippen molar-refractivity contribution >= 4 is 21.6 Å². The van der Waals surface area contributed by atoms with Crippen LogP contribution in [0.3, 0.4) is 0 Å². The minimum Gasteiger partial charge on any atom is -0.379 e. The molecule has 1 N–H and O–H groups in total. The van der Waals surface area contributed by atoms with E-state index in [0.29, 0.717) is 44.3 Å². The molecule has 1 aromatic rings. The third-order valence-electron chi connectivity index (χ3n) is 3.67. The van der Waals surface area contributed by atoms with E-state index in [0.717, 1.165) is 6.42 Å². The summed E-state index contributed by atoms with van der Waals surface area (Å²) in [6.45, 7) is 5.64. The fraction of sp³-hybridized carbons (Fsp3) is 0.562. The summed E-state index contributed by atoms with van der Waals surface area (Å²) < 4.78 is 31.8. The maximum atomic E-state index is 12.6. The molecule has 7 heteroatoms. The summed E-state index contributed by atoms with van der Waals surface area (Å²) in [6.07, 6.45) is 1.23. The maximum Gasteiger partial charge on any atom is 0.243 e. The van der Waals surface area contributed by atoms with Crippen molar-refractivity contribution in [1.29, 1.82) is 0 Å². The van der Waals surface area contributed by atoms with Crippen LogP contribution >= 0.6 is 0 Å². The molecular formula is C16H24N2O4S. The second-order valence-corrected chi connectivity index (χ2v) is 7.96. The standard InChI is InChI=1S/C16H24N2O4S/c1-13(2)6-7-16(19)17-14-4-3-5-15(12-14)23(20,21)18-8-10-22-11-9-18/h3-5,12-13H,6-11H2,1-2H3,(H,17,19). The van der Waals surface area contributed by atoms with Crippen molar-refractivity contribution in [2.45, 2.75) is 31.6 Å². The smallest absolute Gasteiger partial charge is 0.243 e. The van der Waals surface area contributed by atoms with E-state index in [-0.39, 0.29) is 10.8 Å². The molecule has 0 radical (unpaired) electrons. The number of morpholine rings is 1. The van der Waals surface area contributed by atoms with Crippen molar-refractivity contribution in [1.82, 2.24) is 4.31 Å². The second kappa shape index (κ2) is 7.90. The Morgan fingerprint density at radius 1 is 1.30 bits per heavy atom. The number of hydrogen-bond acceptors (Lipinski definition) is 4. The van der Waals surface area contributed by atoms with Crippen molar-refractivity contribution < 1.29 is 17.9 Å². The molecular weight excluding hydrogens is 316 g/mol. The Balaban J connectivity index is 2.08. The van der Waals surface area contributed by atoms with Gasteiger partial charge in [0.25, 0.3) is 0 Å². The van der Waals surface area contributed by atoms with E-state index < -0.39 is 10.0 Å². The van der Waals surface area contributed by atoms with Gasteiger partial charge >= 0.3 is 0 Å². The largest absolute Gasteiger partial charge is 0.379 e. The van der Waals surface area contributed by atoms with Crippen LogP contribution in [0.5, 0.6) is 0 Å². The lowest BCUT2D eigenvalue weighted by Gasteiger charge is -2.26. The van der Waals surface area contributed by atoms with Gasteiger partial charge in [-0.3, -0.25) is 4.79 Å². The third kappa shape index (κ3) is 5.02. The topological polar surface area (TPSA) is 75.7 Å². The highest BCUT2D eigenvalue weighted by atomic mass is 32.2. The van der Waals surface area contributed by atoms with E-state index in [9.17, 15) is 13.2 Å². The fourth-order valence-corrected chi connectivity index (χ4v) is 3.77. The molecule has 0 aliphatic carbocycles. The van der Waals surface area contributed by atoms with Crippen LogP contribution in [0.4, 0.5) is 5.69 Å². The lowest BCUT2D eigenvalue weighted by molar-refractivity contribution is -0.116. The van der Waals surface area contributed by atoms with Crippen molar-refractivity contribution in [3.8, 4) is 0 Å². The minimum atomic E-state index is -3.54. The predicted octanol–water partition coefficient (Wildman–Crippen LogP) is 2.08. The fourth-order valence-electron chi connectivity index (χ4n) is 2.31. The van der Waals surface area contributed by atoms with Crippen molar-refractivity contribution in [3.05, 3.63) is 24.3 Å². The number of carbonyl (C=O) groups is 1. The van der Waals surface area contributed by atoms with Gasteiger partial charge in [0.15, 0.2) is 0 Å². The lowest BCUT2D eigenvalue weighted by Crippen LogP contribution is -2.40. The van der Waals surface area contributed by atoms with E-state index in [2.05, 4.69) is 19.2 Å². The summed E-state index contributed by atoms with van der Waals surface area (Å²) in [5, 5.41) is 2.77. The summed E-state index contributed by atoms with van der Waals surface area (Å²) in [5.41, 5.74) is 0.507. The highest BCUT2D eigenvalue weighted by molar-refractivity contribution is 7.89. The Labute approximate surface area is 137 Å². The van der Waals surface area contributed by atoms with Crippen LogP contribution in [0.15, 0.2) is 29.2 Å². The molecule has 1 aromatic carbocycles. The first-order chi connectivity index (χ1) is 10.9. The highest BCUT2D eigenvalue weighted by Gasteiger charge is 2.26. The van der Waals surface area contributed by atoms with Crippen LogP contribution in [0.25, 0.3) is 0 Å². The summed E-state index contributed by atoms with van der Waals surface area (Å²) in [7, 11) is -3.54. The SMILES string of the molecule is CC(C)CCC(=O)Nc1cccc(S(=O)(=O)N2CCOCC2)c1. The Kier molecular flexibility index (Phi) is 6.15. The summed E-state index contributed by atoms with van der Waals surface area (Å²) >= 11 is 0. The number of ether oxygens (including phenoxy) is 1. The molecule has 128 valence electrons. The van der Waals surface area contributed by atoms with Gasteiger partial charge in [0.1, 0.15) is 0 Å². The molecule has 0 bridgehead atoms. The van der Waals surface area contributed by atoms with E-state index in [4.69, 9.17) is 4.74 Å². The molecule has 1 fully saturated rings. The number of nitrogens with zero attached hydrogens (tertiary/aromatic N) is 1. The number of rotatable bonds is 6. The van der Waals surface area contributed by atoms with Gasteiger partial charge in [-0.2, -0.15) is 4.31 Å². The van der Waals surface area contributed by atoms with Gasteiger partial charge in [-0.25, -0.2) is 8.42 Å². The average Bonchev–Trinajstić information content (AvgIpc) is 2.54. The monoisotopic (exact) mass is 340 g/mol. The van der Waals surface area contributed by atoms with Gasteiger partial charge in [0.05, 0.1) is 18.1 Å². The highest BCUT2D eigenvalue weighted by Crippen LogP contribution is 2.21. The van der Waals surface area contributed by atoms with Gasteiger partial charge < -0.3 is 10.1 Å². The first-order valence-corrected chi connectivity index (χ1v) is 9.31. The van der Waals surface area contributed by atoms with Crippen LogP contribution < -0.4 is 5.32 Å². The number of nitrogens with one attached hydrogen (secondary N) is 1. The zero-order valence-electron chi connectivity index (χ0n) is 13.6. The van der Waals surface area contributed by atoms with Crippen LogP contribution in [-0.4, -0.2) is 44.9 Å². The maximum absolute atomic E-state index is 12.6. The number of sulfonamides is 1. The normalized spacial score (nSPS) is 16.5. The number of anilines is 1. The first kappa shape index (κ1) is 17.9. The molecule has 1 heterocycles. The average molecular weight is 340 g/mol. The summed E-state index contributed by atoms with van der Waals surface area (Å²) in [4.78, 5) is 12.1. The van der Waals surface area contributed by atoms with Gasteiger partial charge in [-0.15, -0.1) is 0 Å². The minimum absolute atomic E-state index is 0.0976. The van der Waals surface area contributed by atoms with Crippen LogP contribution in [-0.2, 0) is 19.6 Å². The van der Waals surface area contributed by atoms with Crippen molar-refractivity contribution in [3.63, 3.8) is 0 Å². The van der Waals surface area contributed by atoms with Crippen LogP contribution in [0.2, 0.25) is 0 Å². The number of carbonyl (C=O) groups excluding carboxylic acids is 1. The molecule has 1 aliphatic heterocycles. The Morgan fingerprint density at radius 2 is 2.00 bits per heavy atom. The molecule has 0 atom stereocenters. The Hall–Kier alpha value is -1.44. The zero-order valence-corrected chi connectivity index (χ0v) is 14.4. The van der Waals surface area contributed by atoms with Crippen molar-refractivity contribution in [2.24, 2.45) is 5.92 Å². The summed E-state index contributed by atoms with van der Waals surface area (Å²) in [5.74, 6) is 0.355. The third-order valence-corrected chi connectivity index (χ3v) is 5.57. The molecule has 2 rings (SSSR count). The number of amides is 1. The van der Waals surface area contributed by atoms with Crippen LogP contribution in [0, 0.1) is 5.92 Å². The molecule has 6 nitrogen and oxygen atoms in total. The molecule has 1 amide bonds. The van der Waals surface area contributed by atoms with Crippen molar-refractivity contribution in [2.75, 3.05) is 31.6 Å². The molecule has 0 spiro atoms. The van der Waals surface area contributed by atoms with Gasteiger partial charge in [-0.1, -0.05) is 19.9 Å². The number of benzene rings is 1. The Bertz CT molecular complexity index is 637. The van der Waals surface area contributed by atoms with E-state index in [1.807, 2.05) is 0 Å². The van der Waals surface area contributed by atoms with Gasteiger partial charge in [0.2, 0.25) is 15.9 Å². The zero-order chi connectivity index (χ0) is 16.9. The quantitative estimate of drug-likeness (QED) is 0.860. The molecule has 1 aliphatic rings. The molecule has 23 heavy (non-hydrogen) atoms. The number of hydrogen-bond donors (Lipinski definition) is 1. The van der Waals surface area contributed by atoms with E-state index >= 15 is 0 Å². The Morgan fingerprint density at radius 3 is 2.65 bits per heavy atom. The van der Waals surface area contributed by atoms with Crippen LogP contribution in [0.1, 0.15) is 26.7 Å². The molecule has 1 saturated heterocycles. The summed E-state index contributed by atoms with van der Waals surface area (Å²) in [6, 6.07) is 6.41. The predicted molar refractivity (Wildman–Crippen MR) is 88.7 cm³/mol. The molecule has 0 aromatic heterocycles. The lowest BCUT2D eigenvalue weighted by atomic mass is 10.1. The van der Waals surface area contributed by atoms with E-state index in [1.165, 1.54) is 10.4 Å². The van der Waals surface area contributed by atoms with E-state index in [1.54, 1.807) is 18.2 Å².